The molecule has 0 heterocycles. The zero-order chi connectivity index (χ0) is 14.5. The number of rotatable bonds is 4. The Kier molecular flexibility index (Phi) is 5.11. The fourth-order valence-corrected chi connectivity index (χ4v) is 4.20. The van der Waals surface area contributed by atoms with Gasteiger partial charge in [-0.3, -0.25) is 4.99 Å². The van der Waals surface area contributed by atoms with E-state index in [2.05, 4.69) is 37.3 Å². The second kappa shape index (κ2) is 7.24. The summed E-state index contributed by atoms with van der Waals surface area (Å²) in [6, 6.07) is 11.1. The molecule has 1 aromatic rings. The van der Waals surface area contributed by atoms with Gasteiger partial charge in [0.2, 0.25) is 0 Å². The Morgan fingerprint density at radius 3 is 2.52 bits per heavy atom. The topological polar surface area (TPSA) is 12.4 Å². The third kappa shape index (κ3) is 3.96. The Morgan fingerprint density at radius 1 is 1.00 bits per heavy atom. The van der Waals surface area contributed by atoms with Crippen LogP contribution in [0.1, 0.15) is 76.3 Å². The highest BCUT2D eigenvalue weighted by atomic mass is 14.8. The van der Waals surface area contributed by atoms with E-state index in [1.54, 1.807) is 0 Å². The zero-order valence-corrected chi connectivity index (χ0v) is 13.4. The summed E-state index contributed by atoms with van der Waals surface area (Å²) >= 11 is 0. The van der Waals surface area contributed by atoms with Crippen LogP contribution in [0, 0.1) is 11.8 Å². The van der Waals surface area contributed by atoms with Crippen LogP contribution in [0.2, 0.25) is 0 Å². The summed E-state index contributed by atoms with van der Waals surface area (Å²) in [6.07, 6.45) is 12.7. The maximum absolute atomic E-state index is 5.11. The molecule has 114 valence electrons. The molecule has 0 aliphatic heterocycles. The van der Waals surface area contributed by atoms with Crippen LogP contribution in [0.3, 0.4) is 0 Å². The van der Waals surface area contributed by atoms with Crippen LogP contribution in [0.4, 0.5) is 0 Å². The maximum atomic E-state index is 5.11. The monoisotopic (exact) mass is 283 g/mol. The predicted octanol–water partition coefficient (Wildman–Crippen LogP) is 5.96. The highest BCUT2D eigenvalue weighted by molar-refractivity contribution is 5.88. The molecule has 1 nitrogen and oxygen atoms in total. The van der Waals surface area contributed by atoms with Crippen molar-refractivity contribution in [1.29, 1.82) is 0 Å². The Balaban J connectivity index is 1.64. The predicted molar refractivity (Wildman–Crippen MR) is 90.8 cm³/mol. The second-order valence-corrected chi connectivity index (χ2v) is 7.04. The summed E-state index contributed by atoms with van der Waals surface area (Å²) in [7, 11) is 0. The molecule has 0 spiro atoms. The SMILES string of the molecule is C[C@@H](N=C1CCCC1CC1CCCCC1)c1ccccc1. The van der Waals surface area contributed by atoms with Crippen molar-refractivity contribution < 1.29 is 0 Å². The molecule has 0 saturated heterocycles. The average molecular weight is 283 g/mol. The van der Waals surface area contributed by atoms with Crippen molar-refractivity contribution in [3.8, 4) is 0 Å². The van der Waals surface area contributed by atoms with Crippen molar-refractivity contribution in [2.24, 2.45) is 16.8 Å². The van der Waals surface area contributed by atoms with Gasteiger partial charge in [0.15, 0.2) is 0 Å². The first kappa shape index (κ1) is 14.8. The number of benzene rings is 1. The maximum Gasteiger partial charge on any atom is 0.0720 e. The van der Waals surface area contributed by atoms with Gasteiger partial charge in [-0.15, -0.1) is 0 Å². The van der Waals surface area contributed by atoms with Gasteiger partial charge in [-0.1, -0.05) is 62.4 Å². The molecule has 0 aromatic heterocycles. The van der Waals surface area contributed by atoms with E-state index < -0.39 is 0 Å². The molecule has 1 aromatic carbocycles. The quantitative estimate of drug-likeness (QED) is 0.646. The molecule has 21 heavy (non-hydrogen) atoms. The molecule has 2 fully saturated rings. The smallest absolute Gasteiger partial charge is 0.0720 e. The van der Waals surface area contributed by atoms with E-state index in [-0.39, 0.29) is 0 Å². The van der Waals surface area contributed by atoms with E-state index in [1.807, 2.05) is 0 Å². The van der Waals surface area contributed by atoms with Gasteiger partial charge in [0, 0.05) is 5.71 Å². The molecule has 0 N–H and O–H groups in total. The molecule has 0 amide bonds. The normalized spacial score (nSPS) is 27.1. The van der Waals surface area contributed by atoms with Crippen molar-refractivity contribution in [3.63, 3.8) is 0 Å². The molecule has 2 saturated carbocycles. The first-order valence-electron chi connectivity index (χ1n) is 8.94. The molecule has 2 atom stereocenters. The minimum atomic E-state index is 0.327. The van der Waals surface area contributed by atoms with Crippen LogP contribution in [-0.2, 0) is 0 Å². The summed E-state index contributed by atoms with van der Waals surface area (Å²) in [5.74, 6) is 1.78. The van der Waals surface area contributed by atoms with Crippen LogP contribution < -0.4 is 0 Å². The Labute approximate surface area is 129 Å². The third-order valence-corrected chi connectivity index (χ3v) is 5.44. The molecular weight excluding hydrogens is 254 g/mol. The van der Waals surface area contributed by atoms with Crippen molar-refractivity contribution in [3.05, 3.63) is 35.9 Å². The largest absolute Gasteiger partial charge is 0.286 e. The lowest BCUT2D eigenvalue weighted by molar-refractivity contribution is 0.314. The second-order valence-electron chi connectivity index (χ2n) is 7.04. The van der Waals surface area contributed by atoms with E-state index in [4.69, 9.17) is 4.99 Å². The molecule has 2 aliphatic rings. The molecule has 0 radical (unpaired) electrons. The van der Waals surface area contributed by atoms with Crippen LogP contribution in [0.25, 0.3) is 0 Å². The number of aliphatic imine (C=N–C) groups is 1. The van der Waals surface area contributed by atoms with Gasteiger partial charge < -0.3 is 0 Å². The lowest BCUT2D eigenvalue weighted by Crippen LogP contribution is -2.16. The van der Waals surface area contributed by atoms with Gasteiger partial charge in [-0.2, -0.15) is 0 Å². The van der Waals surface area contributed by atoms with Gasteiger partial charge in [0.25, 0.3) is 0 Å². The number of hydrogen-bond donors (Lipinski definition) is 0. The first-order valence-corrected chi connectivity index (χ1v) is 8.94. The van der Waals surface area contributed by atoms with Crippen LogP contribution in [0.15, 0.2) is 35.3 Å². The fraction of sp³-hybridized carbons (Fsp3) is 0.650. The summed E-state index contributed by atoms with van der Waals surface area (Å²) in [6.45, 7) is 2.25. The average Bonchev–Trinajstić information content (AvgIpc) is 2.96. The van der Waals surface area contributed by atoms with Crippen molar-refractivity contribution >= 4 is 5.71 Å². The summed E-state index contributed by atoms with van der Waals surface area (Å²) < 4.78 is 0. The Bertz CT molecular complexity index is 456. The zero-order valence-electron chi connectivity index (χ0n) is 13.4. The van der Waals surface area contributed by atoms with E-state index in [0.29, 0.717) is 6.04 Å². The highest BCUT2D eigenvalue weighted by Gasteiger charge is 2.27. The lowest BCUT2D eigenvalue weighted by Gasteiger charge is -2.25. The first-order chi connectivity index (χ1) is 10.3. The van der Waals surface area contributed by atoms with E-state index in [9.17, 15) is 0 Å². The molecule has 1 unspecified atom stereocenters. The van der Waals surface area contributed by atoms with E-state index in [1.165, 1.54) is 69.1 Å². The van der Waals surface area contributed by atoms with Gasteiger partial charge in [0.05, 0.1) is 6.04 Å². The molecular formula is C20H29N. The van der Waals surface area contributed by atoms with E-state index in [0.717, 1.165) is 11.8 Å². The van der Waals surface area contributed by atoms with Crippen molar-refractivity contribution in [1.82, 2.24) is 0 Å². The van der Waals surface area contributed by atoms with E-state index >= 15 is 0 Å². The van der Waals surface area contributed by atoms with Gasteiger partial charge in [0.1, 0.15) is 0 Å². The van der Waals surface area contributed by atoms with Crippen LogP contribution in [0.5, 0.6) is 0 Å². The number of hydrogen-bond acceptors (Lipinski definition) is 1. The third-order valence-electron chi connectivity index (χ3n) is 5.44. The summed E-state index contributed by atoms with van der Waals surface area (Å²) in [5.41, 5.74) is 2.88. The molecule has 2 aliphatic carbocycles. The summed E-state index contributed by atoms with van der Waals surface area (Å²) in [4.78, 5) is 5.11. The standard InChI is InChI=1S/C20H29N/c1-16(18-11-6-3-7-12-18)21-20-14-8-13-19(20)15-17-9-4-2-5-10-17/h3,6-7,11-12,16-17,19H,2,4-5,8-10,13-15H2,1H3/t16-,19?/m1/s1. The summed E-state index contributed by atoms with van der Waals surface area (Å²) in [5, 5.41) is 0. The van der Waals surface area contributed by atoms with Crippen LogP contribution in [-0.4, -0.2) is 5.71 Å². The Hall–Kier alpha value is -1.11. The van der Waals surface area contributed by atoms with Crippen LogP contribution >= 0.6 is 0 Å². The van der Waals surface area contributed by atoms with Gasteiger partial charge in [-0.25, -0.2) is 0 Å². The van der Waals surface area contributed by atoms with Crippen molar-refractivity contribution in [2.75, 3.05) is 0 Å². The van der Waals surface area contributed by atoms with Gasteiger partial charge >= 0.3 is 0 Å². The minimum absolute atomic E-state index is 0.327. The fourth-order valence-electron chi connectivity index (χ4n) is 4.20. The van der Waals surface area contributed by atoms with Gasteiger partial charge in [-0.05, 0) is 50.0 Å². The molecule has 1 heteroatoms. The van der Waals surface area contributed by atoms with Crippen molar-refractivity contribution in [2.45, 2.75) is 70.8 Å². The highest BCUT2D eigenvalue weighted by Crippen LogP contribution is 2.35. The number of nitrogens with zero attached hydrogens (tertiary/aromatic N) is 1. The Morgan fingerprint density at radius 2 is 1.76 bits per heavy atom. The lowest BCUT2D eigenvalue weighted by atomic mass is 9.82. The molecule has 0 bridgehead atoms. The molecule has 3 rings (SSSR count). The minimum Gasteiger partial charge on any atom is -0.286 e.